The van der Waals surface area contributed by atoms with Crippen molar-refractivity contribution in [2.45, 2.75) is 51.8 Å². The standard InChI is InChI=1S/C19H23NO7/c1-9-15(22)16(23)18(27-19(9,3)4)25-12-6-5-11-7-13(20-10(2)21)17(24)26-14(11)8-12/h5-9,15-16,18,22-23H,1-4H3,(H,20,21). The number of nitrogens with one attached hydrogen (secondary N) is 1. The topological polar surface area (TPSA) is 118 Å². The molecule has 1 aliphatic heterocycles. The molecule has 1 aromatic heterocycles. The Kier molecular flexibility index (Phi) is 4.98. The molecule has 2 heterocycles. The maximum atomic E-state index is 12.0. The molecule has 1 aliphatic rings. The number of ether oxygens (including phenoxy) is 2. The minimum Gasteiger partial charge on any atom is -0.462 e. The largest absolute Gasteiger partial charge is 0.462 e. The van der Waals surface area contributed by atoms with E-state index in [0.29, 0.717) is 11.1 Å². The molecule has 1 aromatic carbocycles. The summed E-state index contributed by atoms with van der Waals surface area (Å²) < 4.78 is 16.7. The lowest BCUT2D eigenvalue weighted by Gasteiger charge is -2.46. The van der Waals surface area contributed by atoms with Gasteiger partial charge in [0.15, 0.2) is 0 Å². The fourth-order valence-corrected chi connectivity index (χ4v) is 3.01. The van der Waals surface area contributed by atoms with Crippen LogP contribution in [0.5, 0.6) is 5.75 Å². The van der Waals surface area contributed by atoms with Gasteiger partial charge in [0, 0.05) is 24.3 Å². The van der Waals surface area contributed by atoms with Crippen LogP contribution in [0.1, 0.15) is 27.7 Å². The summed E-state index contributed by atoms with van der Waals surface area (Å²) in [7, 11) is 0. The zero-order valence-corrected chi connectivity index (χ0v) is 15.6. The second-order valence-corrected chi connectivity index (χ2v) is 7.31. The van der Waals surface area contributed by atoms with Crippen molar-refractivity contribution in [2.24, 2.45) is 5.92 Å². The lowest BCUT2D eigenvalue weighted by atomic mass is 9.82. The molecular weight excluding hydrogens is 354 g/mol. The molecule has 8 nitrogen and oxygen atoms in total. The van der Waals surface area contributed by atoms with Gasteiger partial charge in [-0.1, -0.05) is 6.92 Å². The number of carbonyl (C=O) groups is 1. The molecule has 4 atom stereocenters. The Morgan fingerprint density at radius 1 is 1.22 bits per heavy atom. The number of rotatable bonds is 3. The summed E-state index contributed by atoms with van der Waals surface area (Å²) in [5.74, 6) is -0.353. The average molecular weight is 377 g/mol. The molecule has 0 bridgehead atoms. The SMILES string of the molecule is CC(=O)Nc1cc2ccc(OC3OC(C)(C)C(C)C(O)C3O)cc2oc1=O. The van der Waals surface area contributed by atoms with E-state index in [4.69, 9.17) is 13.9 Å². The van der Waals surface area contributed by atoms with Crippen molar-refractivity contribution in [3.63, 3.8) is 0 Å². The van der Waals surface area contributed by atoms with Gasteiger partial charge >= 0.3 is 5.63 Å². The van der Waals surface area contributed by atoms with Crippen molar-refractivity contribution in [2.75, 3.05) is 5.32 Å². The number of aliphatic hydroxyl groups is 2. The van der Waals surface area contributed by atoms with Crippen LogP contribution in [0.2, 0.25) is 0 Å². The van der Waals surface area contributed by atoms with Crippen molar-refractivity contribution in [3.8, 4) is 5.75 Å². The van der Waals surface area contributed by atoms with Gasteiger partial charge < -0.3 is 29.4 Å². The quantitative estimate of drug-likeness (QED) is 0.696. The first kappa shape index (κ1) is 19.3. The van der Waals surface area contributed by atoms with Crippen LogP contribution in [0, 0.1) is 5.92 Å². The highest BCUT2D eigenvalue weighted by Crippen LogP contribution is 2.35. The Bertz CT molecular complexity index is 920. The first-order valence-electron chi connectivity index (χ1n) is 8.64. The molecule has 0 radical (unpaired) electrons. The van der Waals surface area contributed by atoms with Gasteiger partial charge in [-0.2, -0.15) is 0 Å². The predicted molar refractivity (Wildman–Crippen MR) is 97.5 cm³/mol. The summed E-state index contributed by atoms with van der Waals surface area (Å²) in [6, 6.07) is 6.26. The van der Waals surface area contributed by atoms with Gasteiger partial charge in [-0.25, -0.2) is 4.79 Å². The second kappa shape index (κ2) is 6.95. The first-order chi connectivity index (χ1) is 12.6. The number of aliphatic hydroxyl groups excluding tert-OH is 2. The highest BCUT2D eigenvalue weighted by Gasteiger charge is 2.47. The van der Waals surface area contributed by atoms with Crippen LogP contribution >= 0.6 is 0 Å². The third kappa shape index (κ3) is 3.83. The highest BCUT2D eigenvalue weighted by molar-refractivity contribution is 5.91. The molecule has 3 N–H and O–H groups in total. The van der Waals surface area contributed by atoms with Crippen molar-refractivity contribution in [3.05, 3.63) is 34.7 Å². The Balaban J connectivity index is 1.87. The molecule has 1 saturated heterocycles. The molecule has 3 rings (SSSR count). The number of hydrogen-bond donors (Lipinski definition) is 3. The molecule has 1 fully saturated rings. The van der Waals surface area contributed by atoms with E-state index in [-0.39, 0.29) is 23.1 Å². The van der Waals surface area contributed by atoms with Gasteiger partial charge in [0.1, 0.15) is 23.1 Å². The molecule has 2 aromatic rings. The average Bonchev–Trinajstić information content (AvgIpc) is 2.58. The third-order valence-corrected chi connectivity index (χ3v) is 4.93. The molecule has 27 heavy (non-hydrogen) atoms. The lowest BCUT2D eigenvalue weighted by Crippen LogP contribution is -2.59. The van der Waals surface area contributed by atoms with E-state index in [2.05, 4.69) is 5.32 Å². The zero-order valence-electron chi connectivity index (χ0n) is 15.6. The number of benzene rings is 1. The van der Waals surface area contributed by atoms with Crippen molar-refractivity contribution < 1.29 is 28.9 Å². The summed E-state index contributed by atoms with van der Waals surface area (Å²) in [5.41, 5.74) is -1.08. The number of anilines is 1. The molecule has 0 aliphatic carbocycles. The molecule has 0 spiro atoms. The van der Waals surface area contributed by atoms with Gasteiger partial charge in [0.2, 0.25) is 12.2 Å². The molecule has 4 unspecified atom stereocenters. The van der Waals surface area contributed by atoms with Crippen molar-refractivity contribution in [1.29, 1.82) is 0 Å². The zero-order chi connectivity index (χ0) is 19.9. The van der Waals surface area contributed by atoms with Gasteiger partial charge in [-0.15, -0.1) is 0 Å². The third-order valence-electron chi connectivity index (χ3n) is 4.93. The maximum Gasteiger partial charge on any atom is 0.360 e. The Labute approximate surface area is 155 Å². The Morgan fingerprint density at radius 3 is 2.59 bits per heavy atom. The van der Waals surface area contributed by atoms with E-state index >= 15 is 0 Å². The van der Waals surface area contributed by atoms with Crippen LogP contribution in [-0.4, -0.2) is 40.2 Å². The monoisotopic (exact) mass is 377 g/mol. The van der Waals surface area contributed by atoms with Crippen LogP contribution in [0.25, 0.3) is 11.0 Å². The van der Waals surface area contributed by atoms with Gasteiger partial charge in [-0.05, 0) is 32.0 Å². The van der Waals surface area contributed by atoms with Crippen LogP contribution in [0.4, 0.5) is 5.69 Å². The highest BCUT2D eigenvalue weighted by atomic mass is 16.7. The predicted octanol–water partition coefficient (Wildman–Crippen LogP) is 1.62. The smallest absolute Gasteiger partial charge is 0.360 e. The van der Waals surface area contributed by atoms with E-state index in [1.165, 1.54) is 19.1 Å². The second-order valence-electron chi connectivity index (χ2n) is 7.31. The van der Waals surface area contributed by atoms with E-state index in [1.807, 2.05) is 13.8 Å². The Morgan fingerprint density at radius 2 is 1.93 bits per heavy atom. The van der Waals surface area contributed by atoms with Crippen LogP contribution in [0.3, 0.4) is 0 Å². The summed E-state index contributed by atoms with van der Waals surface area (Å²) in [4.78, 5) is 23.1. The normalized spacial score (nSPS) is 27.3. The summed E-state index contributed by atoms with van der Waals surface area (Å²) in [6.07, 6.45) is -3.30. The molecule has 8 heteroatoms. The molecule has 146 valence electrons. The van der Waals surface area contributed by atoms with E-state index in [0.717, 1.165) is 0 Å². The van der Waals surface area contributed by atoms with Crippen molar-refractivity contribution in [1.82, 2.24) is 0 Å². The molecular formula is C19H23NO7. The number of carbonyl (C=O) groups excluding carboxylic acids is 1. The summed E-state index contributed by atoms with van der Waals surface area (Å²) in [5, 5.41) is 23.5. The fourth-order valence-electron chi connectivity index (χ4n) is 3.01. The van der Waals surface area contributed by atoms with Gasteiger partial charge in [-0.3, -0.25) is 4.79 Å². The molecule has 0 saturated carbocycles. The van der Waals surface area contributed by atoms with Crippen LogP contribution in [-0.2, 0) is 9.53 Å². The van der Waals surface area contributed by atoms with Crippen molar-refractivity contribution >= 4 is 22.6 Å². The number of amides is 1. The number of hydrogen-bond acceptors (Lipinski definition) is 7. The fraction of sp³-hybridized carbons (Fsp3) is 0.474. The van der Waals surface area contributed by atoms with E-state index in [9.17, 15) is 19.8 Å². The van der Waals surface area contributed by atoms with Gasteiger partial charge in [0.25, 0.3) is 0 Å². The van der Waals surface area contributed by atoms with Crippen LogP contribution in [0.15, 0.2) is 33.5 Å². The Hall–Kier alpha value is -2.42. The summed E-state index contributed by atoms with van der Waals surface area (Å²) >= 11 is 0. The summed E-state index contributed by atoms with van der Waals surface area (Å²) in [6.45, 7) is 6.71. The molecule has 1 amide bonds. The number of fused-ring (bicyclic) bond motifs is 1. The van der Waals surface area contributed by atoms with Crippen LogP contribution < -0.4 is 15.7 Å². The first-order valence-corrected chi connectivity index (χ1v) is 8.64. The van der Waals surface area contributed by atoms with Gasteiger partial charge in [0.05, 0.1) is 11.7 Å². The lowest BCUT2D eigenvalue weighted by molar-refractivity contribution is -0.284. The maximum absolute atomic E-state index is 12.0. The van der Waals surface area contributed by atoms with E-state index < -0.39 is 29.7 Å². The minimum absolute atomic E-state index is 0.0496. The minimum atomic E-state index is -1.22. The van der Waals surface area contributed by atoms with E-state index in [1.54, 1.807) is 19.1 Å².